The highest BCUT2D eigenvalue weighted by molar-refractivity contribution is 7.99. The van der Waals surface area contributed by atoms with Crippen LogP contribution < -0.4 is 10.1 Å². The van der Waals surface area contributed by atoms with Crippen molar-refractivity contribution in [2.45, 2.75) is 44.9 Å². The number of nitrogens with one attached hydrogen (secondary N) is 1. The maximum Gasteiger partial charge on any atom is 0.234 e. The van der Waals surface area contributed by atoms with E-state index in [0.717, 1.165) is 23.5 Å². The van der Waals surface area contributed by atoms with E-state index in [2.05, 4.69) is 41.5 Å². The van der Waals surface area contributed by atoms with Gasteiger partial charge < -0.3 is 10.1 Å². The summed E-state index contributed by atoms with van der Waals surface area (Å²) >= 11 is 1.35. The van der Waals surface area contributed by atoms with Gasteiger partial charge in [-0.05, 0) is 61.2 Å². The van der Waals surface area contributed by atoms with Crippen LogP contribution in [0.4, 0.5) is 5.69 Å². The van der Waals surface area contributed by atoms with E-state index in [1.54, 1.807) is 0 Å². The number of para-hydroxylation sites is 1. The SMILES string of the molecule is CCC(C)c1ccc(NC(=O)CSc2nnc(COc3ccc(C)cc3)n2-c2ccccc2)cc1. The second-order valence-electron chi connectivity index (χ2n) is 8.44. The number of carbonyl (C=O) groups excluding carboxylic acids is 1. The number of ether oxygens (including phenoxy) is 1. The van der Waals surface area contributed by atoms with Crippen LogP contribution in [-0.4, -0.2) is 26.4 Å². The number of hydrogen-bond acceptors (Lipinski definition) is 5. The van der Waals surface area contributed by atoms with E-state index in [-0.39, 0.29) is 18.3 Å². The van der Waals surface area contributed by atoms with Gasteiger partial charge in [-0.25, -0.2) is 0 Å². The first-order valence-electron chi connectivity index (χ1n) is 11.7. The number of anilines is 1. The molecule has 35 heavy (non-hydrogen) atoms. The molecule has 0 aliphatic heterocycles. The summed E-state index contributed by atoms with van der Waals surface area (Å²) in [6.07, 6.45) is 1.09. The highest BCUT2D eigenvalue weighted by Crippen LogP contribution is 2.24. The third-order valence-corrected chi connectivity index (χ3v) is 6.74. The predicted octanol–water partition coefficient (Wildman–Crippen LogP) is 6.40. The molecule has 0 saturated heterocycles. The lowest BCUT2D eigenvalue weighted by molar-refractivity contribution is -0.113. The molecule has 0 aliphatic carbocycles. The van der Waals surface area contributed by atoms with Gasteiger partial charge in [0.1, 0.15) is 12.4 Å². The van der Waals surface area contributed by atoms with E-state index in [1.807, 2.05) is 78.2 Å². The molecule has 1 atom stereocenters. The smallest absolute Gasteiger partial charge is 0.234 e. The number of hydrogen-bond donors (Lipinski definition) is 1. The monoisotopic (exact) mass is 486 g/mol. The van der Waals surface area contributed by atoms with E-state index in [0.29, 0.717) is 16.9 Å². The summed E-state index contributed by atoms with van der Waals surface area (Å²) in [6, 6.07) is 25.8. The van der Waals surface area contributed by atoms with E-state index < -0.39 is 0 Å². The van der Waals surface area contributed by atoms with E-state index in [4.69, 9.17) is 4.74 Å². The zero-order chi connectivity index (χ0) is 24.6. The minimum Gasteiger partial charge on any atom is -0.486 e. The molecule has 7 heteroatoms. The molecule has 0 spiro atoms. The van der Waals surface area contributed by atoms with Crippen LogP contribution in [0, 0.1) is 6.92 Å². The highest BCUT2D eigenvalue weighted by Gasteiger charge is 2.17. The molecule has 1 aromatic heterocycles. The lowest BCUT2D eigenvalue weighted by Gasteiger charge is -2.12. The fraction of sp³-hybridized carbons (Fsp3) is 0.250. The molecule has 4 rings (SSSR count). The van der Waals surface area contributed by atoms with Crippen LogP contribution in [-0.2, 0) is 11.4 Å². The van der Waals surface area contributed by atoms with Gasteiger partial charge in [-0.2, -0.15) is 0 Å². The molecule has 4 aromatic rings. The van der Waals surface area contributed by atoms with Crippen molar-refractivity contribution in [3.05, 3.63) is 95.8 Å². The second-order valence-corrected chi connectivity index (χ2v) is 9.38. The summed E-state index contributed by atoms with van der Waals surface area (Å²) in [5.41, 5.74) is 4.16. The molecule has 0 saturated carbocycles. The summed E-state index contributed by atoms with van der Waals surface area (Å²) in [7, 11) is 0. The molecule has 180 valence electrons. The van der Waals surface area contributed by atoms with Crippen LogP contribution in [0.15, 0.2) is 84.0 Å². The molecule has 1 heterocycles. The Morgan fingerprint density at radius 2 is 1.71 bits per heavy atom. The number of benzene rings is 3. The van der Waals surface area contributed by atoms with Gasteiger partial charge in [-0.1, -0.05) is 73.6 Å². The molecule has 0 radical (unpaired) electrons. The Balaban J connectivity index is 1.44. The zero-order valence-electron chi connectivity index (χ0n) is 20.3. The number of aryl methyl sites for hydroxylation is 1. The van der Waals surface area contributed by atoms with Crippen LogP contribution in [0.2, 0.25) is 0 Å². The fourth-order valence-corrected chi connectivity index (χ4v) is 4.33. The lowest BCUT2D eigenvalue weighted by Crippen LogP contribution is -2.15. The number of rotatable bonds is 10. The maximum atomic E-state index is 12.6. The summed E-state index contributed by atoms with van der Waals surface area (Å²) in [5, 5.41) is 12.3. The molecule has 0 bridgehead atoms. The molecule has 1 unspecified atom stereocenters. The van der Waals surface area contributed by atoms with Gasteiger partial charge in [0, 0.05) is 11.4 Å². The van der Waals surface area contributed by atoms with Gasteiger partial charge in [0.25, 0.3) is 0 Å². The summed E-state index contributed by atoms with van der Waals surface area (Å²) < 4.78 is 7.89. The first-order valence-corrected chi connectivity index (χ1v) is 12.7. The Bertz CT molecular complexity index is 1240. The largest absolute Gasteiger partial charge is 0.486 e. The first-order chi connectivity index (χ1) is 17.0. The van der Waals surface area contributed by atoms with Crippen molar-refractivity contribution in [1.82, 2.24) is 14.8 Å². The average Bonchev–Trinajstić information content (AvgIpc) is 3.30. The highest BCUT2D eigenvalue weighted by atomic mass is 32.2. The topological polar surface area (TPSA) is 69.0 Å². The second kappa shape index (κ2) is 11.7. The molecule has 1 amide bonds. The van der Waals surface area contributed by atoms with E-state index >= 15 is 0 Å². The van der Waals surface area contributed by atoms with Crippen molar-refractivity contribution in [2.24, 2.45) is 0 Å². The number of nitrogens with zero attached hydrogens (tertiary/aromatic N) is 3. The molecular formula is C28H30N4O2S. The van der Waals surface area contributed by atoms with Crippen LogP contribution in [0.3, 0.4) is 0 Å². The molecular weight excluding hydrogens is 456 g/mol. The van der Waals surface area contributed by atoms with Gasteiger partial charge in [0.05, 0.1) is 5.75 Å². The number of carbonyl (C=O) groups is 1. The first kappa shape index (κ1) is 24.5. The Morgan fingerprint density at radius 1 is 1.00 bits per heavy atom. The van der Waals surface area contributed by atoms with Crippen molar-refractivity contribution >= 4 is 23.4 Å². The van der Waals surface area contributed by atoms with Gasteiger partial charge in [0.15, 0.2) is 11.0 Å². The Labute approximate surface area is 210 Å². The van der Waals surface area contributed by atoms with E-state index in [1.165, 1.54) is 22.9 Å². The minimum atomic E-state index is -0.0913. The number of amides is 1. The van der Waals surface area contributed by atoms with Gasteiger partial charge >= 0.3 is 0 Å². The van der Waals surface area contributed by atoms with Crippen molar-refractivity contribution in [3.8, 4) is 11.4 Å². The van der Waals surface area contributed by atoms with Crippen LogP contribution >= 0.6 is 11.8 Å². The summed E-state index contributed by atoms with van der Waals surface area (Å²) in [6.45, 7) is 6.68. The minimum absolute atomic E-state index is 0.0913. The average molecular weight is 487 g/mol. The summed E-state index contributed by atoms with van der Waals surface area (Å²) in [4.78, 5) is 12.6. The van der Waals surface area contributed by atoms with Crippen LogP contribution in [0.5, 0.6) is 5.75 Å². The van der Waals surface area contributed by atoms with Crippen LogP contribution in [0.1, 0.15) is 43.1 Å². The molecule has 1 N–H and O–H groups in total. The van der Waals surface area contributed by atoms with Crippen LogP contribution in [0.25, 0.3) is 5.69 Å². The Hall–Kier alpha value is -3.58. The van der Waals surface area contributed by atoms with Crippen molar-refractivity contribution in [1.29, 1.82) is 0 Å². The van der Waals surface area contributed by atoms with Crippen molar-refractivity contribution in [3.63, 3.8) is 0 Å². The molecule has 0 aliphatic rings. The van der Waals surface area contributed by atoms with E-state index in [9.17, 15) is 4.79 Å². The molecule has 6 nitrogen and oxygen atoms in total. The third kappa shape index (κ3) is 6.51. The summed E-state index contributed by atoms with van der Waals surface area (Å²) in [5.74, 6) is 2.07. The standard InChI is InChI=1S/C28H30N4O2S/c1-4-21(3)22-12-14-23(15-13-22)29-27(33)19-35-28-31-30-26(32(28)24-8-6-5-7-9-24)18-34-25-16-10-20(2)11-17-25/h5-17,21H,4,18-19H2,1-3H3,(H,29,33). The quantitative estimate of drug-likeness (QED) is 0.263. The predicted molar refractivity (Wildman–Crippen MR) is 141 cm³/mol. The normalized spacial score (nSPS) is 11.7. The molecule has 0 fully saturated rings. The Kier molecular flexibility index (Phi) is 8.21. The molecule has 3 aromatic carbocycles. The number of aromatic nitrogens is 3. The lowest BCUT2D eigenvalue weighted by atomic mass is 9.99. The van der Waals surface area contributed by atoms with Gasteiger partial charge in [-0.3, -0.25) is 9.36 Å². The fourth-order valence-electron chi connectivity index (χ4n) is 3.56. The van der Waals surface area contributed by atoms with Crippen molar-refractivity contribution in [2.75, 3.05) is 11.1 Å². The number of thioether (sulfide) groups is 1. The zero-order valence-corrected chi connectivity index (χ0v) is 21.1. The third-order valence-electron chi connectivity index (χ3n) is 5.81. The Morgan fingerprint density at radius 3 is 2.40 bits per heavy atom. The van der Waals surface area contributed by atoms with Crippen molar-refractivity contribution < 1.29 is 9.53 Å². The van der Waals surface area contributed by atoms with Gasteiger partial charge in [-0.15, -0.1) is 10.2 Å². The maximum absolute atomic E-state index is 12.6. The van der Waals surface area contributed by atoms with Gasteiger partial charge in [0.2, 0.25) is 5.91 Å².